The highest BCUT2D eigenvalue weighted by Crippen LogP contribution is 2.08. The van der Waals surface area contributed by atoms with Crippen LogP contribution in [0.5, 0.6) is 0 Å². The van der Waals surface area contributed by atoms with E-state index in [0.29, 0.717) is 5.59 Å². The Bertz CT molecular complexity index is 384. The van der Waals surface area contributed by atoms with Crippen molar-refractivity contribution in [3.8, 4) is 0 Å². The molecular formula is C9H6BN. The topological polar surface area (TPSA) is 12.9 Å². The van der Waals surface area contributed by atoms with Gasteiger partial charge in [-0.05, 0) is 22.4 Å². The van der Waals surface area contributed by atoms with Gasteiger partial charge in [0, 0.05) is 6.20 Å². The average Bonchev–Trinajstić information content (AvgIpc) is 2.04. The summed E-state index contributed by atoms with van der Waals surface area (Å²) in [6.45, 7) is 0. The van der Waals surface area contributed by atoms with Crippen molar-refractivity contribution in [2.45, 2.75) is 0 Å². The van der Waals surface area contributed by atoms with E-state index >= 15 is 0 Å². The minimum absolute atomic E-state index is 0.573. The number of rotatable bonds is 0. The van der Waals surface area contributed by atoms with Crippen LogP contribution in [0.15, 0.2) is 36.5 Å². The predicted molar refractivity (Wildman–Crippen MR) is 47.1 cm³/mol. The molecule has 0 unspecified atom stereocenters. The zero-order valence-corrected chi connectivity index (χ0v) is 5.99. The Morgan fingerprint density at radius 3 is 2.64 bits per heavy atom. The van der Waals surface area contributed by atoms with Crippen molar-refractivity contribution in [3.05, 3.63) is 36.5 Å². The number of aromatic nitrogens is 1. The van der Waals surface area contributed by atoms with Crippen molar-refractivity contribution in [2.24, 2.45) is 0 Å². The molecular weight excluding hydrogens is 133 g/mol. The third-order valence-electron chi connectivity index (χ3n) is 1.65. The lowest BCUT2D eigenvalue weighted by atomic mass is 10.0. The molecule has 1 heterocycles. The summed E-state index contributed by atoms with van der Waals surface area (Å²) in [5.41, 5.74) is 0.573. The average molecular weight is 139 g/mol. The normalized spacial score (nSPS) is 10.2. The second-order valence-electron chi connectivity index (χ2n) is 2.46. The summed E-state index contributed by atoms with van der Waals surface area (Å²) in [5, 5.41) is 2.27. The fourth-order valence-electron chi connectivity index (χ4n) is 1.10. The predicted octanol–water partition coefficient (Wildman–Crippen LogP) is 1.03. The molecule has 0 bridgehead atoms. The third kappa shape index (κ3) is 1.12. The van der Waals surface area contributed by atoms with Crippen LogP contribution in [-0.2, 0) is 0 Å². The maximum absolute atomic E-state index is 5.51. The highest BCUT2D eigenvalue weighted by atomic mass is 14.6. The van der Waals surface area contributed by atoms with Gasteiger partial charge in [-0.25, -0.2) is 0 Å². The highest BCUT2D eigenvalue weighted by Gasteiger charge is 1.90. The van der Waals surface area contributed by atoms with E-state index < -0.39 is 0 Å². The van der Waals surface area contributed by atoms with Crippen LogP contribution in [0.25, 0.3) is 10.8 Å². The van der Waals surface area contributed by atoms with Gasteiger partial charge in [-0.1, -0.05) is 24.3 Å². The molecule has 1 aromatic carbocycles. The van der Waals surface area contributed by atoms with Crippen molar-refractivity contribution in [1.29, 1.82) is 0 Å². The van der Waals surface area contributed by atoms with Crippen LogP contribution >= 0.6 is 0 Å². The molecule has 50 valence electrons. The minimum atomic E-state index is 0.573. The van der Waals surface area contributed by atoms with Gasteiger partial charge in [0.15, 0.2) is 0 Å². The van der Waals surface area contributed by atoms with Crippen LogP contribution in [0, 0.1) is 0 Å². The first-order valence-electron chi connectivity index (χ1n) is 3.46. The highest BCUT2D eigenvalue weighted by molar-refractivity contribution is 6.31. The van der Waals surface area contributed by atoms with Gasteiger partial charge in [0.25, 0.3) is 0 Å². The molecule has 0 atom stereocenters. The number of fused-ring (bicyclic) bond motifs is 1. The van der Waals surface area contributed by atoms with Crippen LogP contribution in [0.4, 0.5) is 0 Å². The van der Waals surface area contributed by atoms with Gasteiger partial charge in [0.05, 0.1) is 0 Å². The molecule has 2 radical (unpaired) electrons. The largest absolute Gasteiger partial charge is 0.272 e. The van der Waals surface area contributed by atoms with Crippen molar-refractivity contribution >= 4 is 24.2 Å². The zero-order valence-electron chi connectivity index (χ0n) is 5.99. The molecule has 11 heavy (non-hydrogen) atoms. The molecule has 0 spiro atoms. The van der Waals surface area contributed by atoms with E-state index in [4.69, 9.17) is 7.85 Å². The van der Waals surface area contributed by atoms with Gasteiger partial charge in [-0.2, -0.15) is 0 Å². The number of hydrogen-bond donors (Lipinski definition) is 0. The first kappa shape index (κ1) is 6.41. The summed E-state index contributed by atoms with van der Waals surface area (Å²) in [5.74, 6) is 0. The lowest BCUT2D eigenvalue weighted by molar-refractivity contribution is 1.43. The summed E-state index contributed by atoms with van der Waals surface area (Å²) < 4.78 is 0. The number of pyridine rings is 1. The van der Waals surface area contributed by atoms with E-state index in [-0.39, 0.29) is 0 Å². The fraction of sp³-hybridized carbons (Fsp3) is 0. The maximum Gasteiger partial charge on any atom is 0.141 e. The smallest absolute Gasteiger partial charge is 0.141 e. The fourth-order valence-corrected chi connectivity index (χ4v) is 1.10. The van der Waals surface area contributed by atoms with E-state index in [0.717, 1.165) is 10.8 Å². The molecule has 0 N–H and O–H groups in total. The lowest BCUT2D eigenvalue weighted by Gasteiger charge is -1.96. The van der Waals surface area contributed by atoms with E-state index in [9.17, 15) is 0 Å². The van der Waals surface area contributed by atoms with Gasteiger partial charge in [0.1, 0.15) is 7.85 Å². The quantitative estimate of drug-likeness (QED) is 0.496. The number of nitrogens with zero attached hydrogens (tertiary/aromatic N) is 1. The van der Waals surface area contributed by atoms with Crippen molar-refractivity contribution in [2.75, 3.05) is 0 Å². The Morgan fingerprint density at radius 1 is 1.09 bits per heavy atom. The number of hydrogen-bond acceptors (Lipinski definition) is 1. The lowest BCUT2D eigenvalue weighted by Crippen LogP contribution is -2.05. The maximum atomic E-state index is 5.51. The molecule has 2 heteroatoms. The van der Waals surface area contributed by atoms with Gasteiger partial charge in [-0.3, -0.25) is 4.98 Å². The summed E-state index contributed by atoms with van der Waals surface area (Å²) in [4.78, 5) is 3.99. The summed E-state index contributed by atoms with van der Waals surface area (Å²) in [6.07, 6.45) is 1.78. The Kier molecular flexibility index (Phi) is 1.39. The van der Waals surface area contributed by atoms with Crippen LogP contribution in [-0.4, -0.2) is 12.8 Å². The Labute approximate surface area is 66.5 Å². The molecule has 0 aliphatic rings. The second kappa shape index (κ2) is 2.38. The molecule has 2 aromatic rings. The Morgan fingerprint density at radius 2 is 1.82 bits per heavy atom. The van der Waals surface area contributed by atoms with Crippen LogP contribution < -0.4 is 5.59 Å². The summed E-state index contributed by atoms with van der Waals surface area (Å²) in [7, 11) is 5.51. The molecule has 0 saturated carbocycles. The van der Waals surface area contributed by atoms with Crippen molar-refractivity contribution < 1.29 is 0 Å². The van der Waals surface area contributed by atoms with Gasteiger partial charge in [0.2, 0.25) is 0 Å². The molecule has 1 aromatic heterocycles. The Hall–Kier alpha value is -1.31. The molecule has 0 saturated heterocycles. The summed E-state index contributed by atoms with van der Waals surface area (Å²) in [6, 6.07) is 9.88. The molecule has 1 nitrogen and oxygen atoms in total. The SMILES string of the molecule is [B]c1cc2ccccc2cn1. The van der Waals surface area contributed by atoms with Crippen LogP contribution in [0.1, 0.15) is 0 Å². The van der Waals surface area contributed by atoms with Gasteiger partial charge < -0.3 is 0 Å². The van der Waals surface area contributed by atoms with Gasteiger partial charge >= 0.3 is 0 Å². The van der Waals surface area contributed by atoms with Crippen LogP contribution in [0.2, 0.25) is 0 Å². The first-order valence-corrected chi connectivity index (χ1v) is 3.46. The first-order chi connectivity index (χ1) is 5.36. The molecule has 0 amide bonds. The third-order valence-corrected chi connectivity index (χ3v) is 1.65. The van der Waals surface area contributed by atoms with E-state index in [1.807, 2.05) is 30.3 Å². The minimum Gasteiger partial charge on any atom is -0.272 e. The molecule has 0 aliphatic carbocycles. The van der Waals surface area contributed by atoms with E-state index in [1.165, 1.54) is 0 Å². The number of benzene rings is 1. The molecule has 0 fully saturated rings. The monoisotopic (exact) mass is 139 g/mol. The Balaban J connectivity index is 2.83. The zero-order chi connectivity index (χ0) is 7.68. The van der Waals surface area contributed by atoms with Gasteiger partial charge in [-0.15, -0.1) is 0 Å². The van der Waals surface area contributed by atoms with E-state index in [1.54, 1.807) is 6.20 Å². The van der Waals surface area contributed by atoms with E-state index in [2.05, 4.69) is 4.98 Å². The summed E-state index contributed by atoms with van der Waals surface area (Å²) >= 11 is 0. The molecule has 0 aliphatic heterocycles. The second-order valence-corrected chi connectivity index (χ2v) is 2.46. The van der Waals surface area contributed by atoms with Crippen molar-refractivity contribution in [1.82, 2.24) is 4.98 Å². The van der Waals surface area contributed by atoms with Crippen molar-refractivity contribution in [3.63, 3.8) is 0 Å². The molecule has 2 rings (SSSR count). The standard InChI is InChI=1S/C9H6BN/c10-9-5-7-3-1-2-4-8(7)6-11-9/h1-6H. The van der Waals surface area contributed by atoms with Crippen LogP contribution in [0.3, 0.4) is 0 Å².